The predicted octanol–water partition coefficient (Wildman–Crippen LogP) is 3.78. The van der Waals surface area contributed by atoms with Gasteiger partial charge in [-0.05, 0) is 41.1 Å². The van der Waals surface area contributed by atoms with Crippen LogP contribution >= 0.6 is 38.6 Å². The van der Waals surface area contributed by atoms with Crippen molar-refractivity contribution in [2.24, 2.45) is 5.84 Å². The molecule has 3 rings (SSSR count). The Bertz CT molecular complexity index is 719. The summed E-state index contributed by atoms with van der Waals surface area (Å²) in [5, 5.41) is 0.972. The second-order valence-corrected chi connectivity index (χ2v) is 7.42. The van der Waals surface area contributed by atoms with Crippen molar-refractivity contribution in [1.82, 2.24) is 9.97 Å². The Morgan fingerprint density at radius 2 is 2.11 bits per heavy atom. The van der Waals surface area contributed by atoms with Gasteiger partial charge in [-0.25, -0.2) is 15.8 Å². The second-order valence-electron chi connectivity index (χ2n) is 3.72. The number of fused-ring (bicyclic) bond motifs is 1. The normalized spacial score (nSPS) is 11.1. The molecule has 0 saturated carbocycles. The maximum absolute atomic E-state index is 5.54. The summed E-state index contributed by atoms with van der Waals surface area (Å²) >= 11 is 6.69. The lowest BCUT2D eigenvalue weighted by Gasteiger charge is -2.03. The van der Waals surface area contributed by atoms with Gasteiger partial charge in [-0.1, -0.05) is 0 Å². The summed E-state index contributed by atoms with van der Waals surface area (Å²) in [7, 11) is 0. The average Bonchev–Trinajstić information content (AvgIpc) is 2.92. The van der Waals surface area contributed by atoms with Crippen molar-refractivity contribution in [2.75, 3.05) is 5.43 Å². The van der Waals surface area contributed by atoms with Crippen molar-refractivity contribution in [3.8, 4) is 10.7 Å². The van der Waals surface area contributed by atoms with Crippen LogP contribution in [0.3, 0.4) is 0 Å². The zero-order chi connectivity index (χ0) is 12.7. The number of nitrogens with two attached hydrogens (primary N) is 1. The number of aryl methyl sites for hydroxylation is 1. The fourth-order valence-corrected chi connectivity index (χ4v) is 3.90. The van der Waals surface area contributed by atoms with Crippen molar-refractivity contribution in [3.05, 3.63) is 26.9 Å². The Labute approximate surface area is 120 Å². The van der Waals surface area contributed by atoms with Gasteiger partial charge >= 0.3 is 0 Å². The van der Waals surface area contributed by atoms with Gasteiger partial charge in [0.25, 0.3) is 0 Å². The predicted molar refractivity (Wildman–Crippen MR) is 81.0 cm³/mol. The number of hydrazine groups is 1. The molecule has 0 aliphatic carbocycles. The second kappa shape index (κ2) is 4.58. The van der Waals surface area contributed by atoms with E-state index in [4.69, 9.17) is 5.84 Å². The van der Waals surface area contributed by atoms with E-state index in [1.54, 1.807) is 22.7 Å². The molecule has 18 heavy (non-hydrogen) atoms. The van der Waals surface area contributed by atoms with Gasteiger partial charge in [0, 0.05) is 4.88 Å². The molecule has 0 aromatic carbocycles. The summed E-state index contributed by atoms with van der Waals surface area (Å²) in [5.74, 6) is 6.91. The van der Waals surface area contributed by atoms with Crippen molar-refractivity contribution in [1.29, 1.82) is 0 Å². The van der Waals surface area contributed by atoms with Gasteiger partial charge in [-0.3, -0.25) is 0 Å². The van der Waals surface area contributed by atoms with E-state index in [1.165, 1.54) is 4.88 Å². The molecule has 0 unspecified atom stereocenters. The Morgan fingerprint density at radius 3 is 2.78 bits per heavy atom. The third kappa shape index (κ3) is 2.03. The van der Waals surface area contributed by atoms with Crippen LogP contribution < -0.4 is 11.3 Å². The highest BCUT2D eigenvalue weighted by Gasteiger charge is 2.12. The molecule has 0 bridgehead atoms. The minimum atomic E-state index is 0.670. The molecule has 3 aromatic rings. The quantitative estimate of drug-likeness (QED) is 0.550. The SMILES string of the molecule is Cc1cc2c(NN)nc(-c3ccc(Br)s3)nc2s1. The fourth-order valence-electron chi connectivity index (χ4n) is 1.70. The minimum Gasteiger partial charge on any atom is -0.308 e. The van der Waals surface area contributed by atoms with Gasteiger partial charge in [0.15, 0.2) is 11.6 Å². The van der Waals surface area contributed by atoms with E-state index in [-0.39, 0.29) is 0 Å². The molecular formula is C11H9BrN4S2. The number of anilines is 1. The molecule has 0 saturated heterocycles. The molecule has 7 heteroatoms. The summed E-state index contributed by atoms with van der Waals surface area (Å²) in [4.78, 5) is 12.2. The van der Waals surface area contributed by atoms with Crippen LogP contribution in [0.5, 0.6) is 0 Å². The first-order valence-electron chi connectivity index (χ1n) is 5.18. The number of nitrogens with zero attached hydrogens (tertiary/aromatic N) is 2. The van der Waals surface area contributed by atoms with Crippen LogP contribution in [0.15, 0.2) is 22.0 Å². The van der Waals surface area contributed by atoms with E-state index in [9.17, 15) is 0 Å². The number of nitrogen functional groups attached to an aromatic ring is 1. The van der Waals surface area contributed by atoms with Gasteiger partial charge < -0.3 is 5.43 Å². The summed E-state index contributed by atoms with van der Waals surface area (Å²) in [6, 6.07) is 6.03. The largest absolute Gasteiger partial charge is 0.308 e. The van der Waals surface area contributed by atoms with Crippen molar-refractivity contribution in [2.45, 2.75) is 6.92 Å². The van der Waals surface area contributed by atoms with E-state index in [0.717, 1.165) is 18.9 Å². The minimum absolute atomic E-state index is 0.670. The van der Waals surface area contributed by atoms with Crippen molar-refractivity contribution in [3.63, 3.8) is 0 Å². The standard InChI is InChI=1S/C11H9BrN4S2/c1-5-4-6-9(16-13)14-10(15-11(6)17-5)7-2-3-8(12)18-7/h2-4H,13H2,1H3,(H,14,15,16). The first-order chi connectivity index (χ1) is 8.67. The number of rotatable bonds is 2. The Morgan fingerprint density at radius 1 is 1.28 bits per heavy atom. The van der Waals surface area contributed by atoms with E-state index in [2.05, 4.69) is 31.3 Å². The van der Waals surface area contributed by atoms with Crippen LogP contribution in [0.25, 0.3) is 20.9 Å². The van der Waals surface area contributed by atoms with Gasteiger partial charge in [-0.2, -0.15) is 0 Å². The van der Waals surface area contributed by atoms with E-state index < -0.39 is 0 Å². The summed E-state index contributed by atoms with van der Waals surface area (Å²) in [6.07, 6.45) is 0. The molecular weight excluding hydrogens is 332 g/mol. The molecule has 0 fully saturated rings. The average molecular weight is 341 g/mol. The molecule has 3 heterocycles. The van der Waals surface area contributed by atoms with Crippen LogP contribution in [0.2, 0.25) is 0 Å². The number of aromatic nitrogens is 2. The fraction of sp³-hybridized carbons (Fsp3) is 0.0909. The number of hydrogen-bond acceptors (Lipinski definition) is 6. The molecule has 0 atom stereocenters. The zero-order valence-electron chi connectivity index (χ0n) is 9.40. The van der Waals surface area contributed by atoms with E-state index >= 15 is 0 Å². The molecule has 3 N–H and O–H groups in total. The maximum Gasteiger partial charge on any atom is 0.173 e. The zero-order valence-corrected chi connectivity index (χ0v) is 12.6. The highest BCUT2D eigenvalue weighted by atomic mass is 79.9. The van der Waals surface area contributed by atoms with Gasteiger partial charge in [0.1, 0.15) is 4.83 Å². The van der Waals surface area contributed by atoms with E-state index in [1.807, 2.05) is 25.1 Å². The molecule has 0 amide bonds. The summed E-state index contributed by atoms with van der Waals surface area (Å²) < 4.78 is 1.06. The maximum atomic E-state index is 5.54. The number of halogens is 1. The third-order valence-corrected chi connectivity index (χ3v) is 5.01. The Balaban J connectivity index is 2.24. The van der Waals surface area contributed by atoms with Gasteiger partial charge in [0.05, 0.1) is 14.0 Å². The first kappa shape index (κ1) is 12.0. The van der Waals surface area contributed by atoms with Crippen molar-refractivity contribution < 1.29 is 0 Å². The molecule has 92 valence electrons. The molecule has 3 aromatic heterocycles. The van der Waals surface area contributed by atoms with Crippen LogP contribution in [0, 0.1) is 6.92 Å². The molecule has 0 aliphatic rings. The Hall–Kier alpha value is -1.02. The smallest absolute Gasteiger partial charge is 0.173 e. The monoisotopic (exact) mass is 340 g/mol. The molecule has 0 spiro atoms. The van der Waals surface area contributed by atoms with Crippen LogP contribution in [-0.4, -0.2) is 9.97 Å². The van der Waals surface area contributed by atoms with Crippen molar-refractivity contribution >= 4 is 54.6 Å². The van der Waals surface area contributed by atoms with Crippen LogP contribution in [0.4, 0.5) is 5.82 Å². The topological polar surface area (TPSA) is 63.8 Å². The highest BCUT2D eigenvalue weighted by molar-refractivity contribution is 9.11. The number of hydrogen-bond donors (Lipinski definition) is 2. The first-order valence-corrected chi connectivity index (χ1v) is 7.60. The summed E-state index contributed by atoms with van der Waals surface area (Å²) in [5.41, 5.74) is 2.65. The van der Waals surface area contributed by atoms with Crippen LogP contribution in [-0.2, 0) is 0 Å². The van der Waals surface area contributed by atoms with Crippen LogP contribution in [0.1, 0.15) is 4.88 Å². The molecule has 0 aliphatic heterocycles. The Kier molecular flexibility index (Phi) is 3.06. The van der Waals surface area contributed by atoms with Gasteiger partial charge in [-0.15, -0.1) is 22.7 Å². The number of nitrogens with one attached hydrogen (secondary N) is 1. The third-order valence-electron chi connectivity index (χ3n) is 2.45. The molecule has 4 nitrogen and oxygen atoms in total. The summed E-state index contributed by atoms with van der Waals surface area (Å²) in [6.45, 7) is 2.05. The van der Waals surface area contributed by atoms with E-state index in [0.29, 0.717) is 11.6 Å². The van der Waals surface area contributed by atoms with Gasteiger partial charge in [0.2, 0.25) is 0 Å². The lowest BCUT2D eigenvalue weighted by molar-refractivity contribution is 1.20. The lowest BCUT2D eigenvalue weighted by atomic mass is 10.3. The highest BCUT2D eigenvalue weighted by Crippen LogP contribution is 2.34. The molecule has 0 radical (unpaired) electrons. The number of thiophene rings is 2. The lowest BCUT2D eigenvalue weighted by Crippen LogP contribution is -2.09.